The topological polar surface area (TPSA) is 186 Å². The second-order valence-corrected chi connectivity index (χ2v) is 9.12. The highest BCUT2D eigenvalue weighted by Crippen LogP contribution is 2.36. The summed E-state index contributed by atoms with van der Waals surface area (Å²) >= 11 is 1.12. The molecule has 4 rings (SSSR count). The van der Waals surface area contributed by atoms with E-state index in [1.165, 1.54) is 6.19 Å². The minimum Gasteiger partial charge on any atom is -0.293 e. The van der Waals surface area contributed by atoms with Crippen molar-refractivity contribution in [2.45, 2.75) is 17.9 Å². The molecule has 2 amide bonds. The third kappa shape index (κ3) is 4.46. The molecular formula is C19H13N7O5S2. The van der Waals surface area contributed by atoms with Crippen molar-refractivity contribution in [1.29, 1.82) is 5.26 Å². The highest BCUT2D eigenvalue weighted by Gasteiger charge is 2.33. The first-order valence-corrected chi connectivity index (χ1v) is 11.4. The van der Waals surface area contributed by atoms with E-state index in [1.54, 1.807) is 43.3 Å². The largest absolute Gasteiger partial charge is 0.296 e. The molecule has 3 N–H and O–H groups in total. The zero-order chi connectivity index (χ0) is 23.8. The Balaban J connectivity index is 1.58. The number of aromatic nitrogens is 1. The van der Waals surface area contributed by atoms with Gasteiger partial charge in [-0.3, -0.25) is 24.8 Å². The van der Waals surface area contributed by atoms with Crippen LogP contribution in [0.4, 0.5) is 5.69 Å². The van der Waals surface area contributed by atoms with E-state index in [2.05, 4.69) is 30.8 Å². The number of fused-ring (bicyclic) bond motifs is 1. The average Bonchev–Trinajstić information content (AvgIpc) is 3.16. The standard InChI is InChI=1S/C19H13N7O5S2/c1-9-2-7-12-14(15(9)33(29,30)31)32-18(22-12)10-3-5-11(6-4-10)25-26-13-16(27)23-19(21-8-20)24-17(13)28/h2-7,13H,1H3,(H,29,30,31)(H2,21,23,24,27,28). The van der Waals surface area contributed by atoms with Crippen molar-refractivity contribution in [1.82, 2.24) is 15.6 Å². The molecule has 0 bridgehead atoms. The number of nitrogens with zero attached hydrogens (tertiary/aromatic N) is 5. The van der Waals surface area contributed by atoms with Crippen LogP contribution in [-0.4, -0.2) is 41.8 Å². The van der Waals surface area contributed by atoms with Gasteiger partial charge in [0.05, 0.1) is 15.9 Å². The Morgan fingerprint density at radius 1 is 1.12 bits per heavy atom. The van der Waals surface area contributed by atoms with Gasteiger partial charge in [-0.2, -0.15) is 23.9 Å². The molecule has 1 fully saturated rings. The van der Waals surface area contributed by atoms with Crippen molar-refractivity contribution < 1.29 is 22.6 Å². The molecule has 0 radical (unpaired) electrons. The Morgan fingerprint density at radius 2 is 1.79 bits per heavy atom. The minimum absolute atomic E-state index is 0.166. The molecule has 0 unspecified atom stereocenters. The lowest BCUT2D eigenvalue weighted by Crippen LogP contribution is -2.58. The summed E-state index contributed by atoms with van der Waals surface area (Å²) in [6.07, 6.45) is 1.45. The molecule has 33 heavy (non-hydrogen) atoms. The number of aryl methyl sites for hydroxylation is 1. The monoisotopic (exact) mass is 483 g/mol. The fourth-order valence-corrected chi connectivity index (χ4v) is 5.35. The van der Waals surface area contributed by atoms with Gasteiger partial charge < -0.3 is 0 Å². The van der Waals surface area contributed by atoms with Gasteiger partial charge in [0.1, 0.15) is 9.90 Å². The molecule has 12 nitrogen and oxygen atoms in total. The van der Waals surface area contributed by atoms with Crippen LogP contribution in [-0.2, 0) is 19.7 Å². The number of amides is 2. The lowest BCUT2D eigenvalue weighted by molar-refractivity contribution is -0.131. The van der Waals surface area contributed by atoms with Gasteiger partial charge in [-0.05, 0) is 42.8 Å². The van der Waals surface area contributed by atoms with Crippen LogP contribution in [0, 0.1) is 18.4 Å². The summed E-state index contributed by atoms with van der Waals surface area (Å²) in [5.74, 6) is -1.81. The molecule has 0 aliphatic carbocycles. The van der Waals surface area contributed by atoms with Gasteiger partial charge in [-0.1, -0.05) is 6.07 Å². The number of guanidine groups is 1. The van der Waals surface area contributed by atoms with Crippen molar-refractivity contribution in [3.63, 3.8) is 0 Å². The summed E-state index contributed by atoms with van der Waals surface area (Å²) in [6.45, 7) is 1.59. The molecule has 2 aromatic carbocycles. The fraction of sp³-hybridized carbons (Fsp3) is 0.105. The van der Waals surface area contributed by atoms with E-state index >= 15 is 0 Å². The molecule has 0 spiro atoms. The predicted molar refractivity (Wildman–Crippen MR) is 117 cm³/mol. The van der Waals surface area contributed by atoms with Crippen molar-refractivity contribution in [3.05, 3.63) is 42.0 Å². The molecular weight excluding hydrogens is 470 g/mol. The number of thiazole rings is 1. The van der Waals surface area contributed by atoms with Crippen LogP contribution in [0.15, 0.2) is 56.5 Å². The maximum Gasteiger partial charge on any atom is 0.296 e. The molecule has 1 aliphatic rings. The van der Waals surface area contributed by atoms with Gasteiger partial charge in [-0.25, -0.2) is 4.98 Å². The van der Waals surface area contributed by atoms with Crippen molar-refractivity contribution >= 4 is 55.1 Å². The number of nitrogens with one attached hydrogen (secondary N) is 2. The van der Waals surface area contributed by atoms with E-state index in [-0.39, 0.29) is 10.9 Å². The zero-order valence-electron chi connectivity index (χ0n) is 16.7. The zero-order valence-corrected chi connectivity index (χ0v) is 18.3. The summed E-state index contributed by atoms with van der Waals surface area (Å²) in [5.41, 5.74) is 1.87. The normalized spacial score (nSPS) is 16.5. The molecule has 1 saturated heterocycles. The van der Waals surface area contributed by atoms with Gasteiger partial charge in [0.15, 0.2) is 0 Å². The number of aliphatic imine (C=N–C) groups is 1. The van der Waals surface area contributed by atoms with E-state index in [1.807, 2.05) is 0 Å². The Morgan fingerprint density at radius 3 is 2.39 bits per heavy atom. The Labute approximate surface area is 190 Å². The first-order chi connectivity index (χ1) is 15.7. The van der Waals surface area contributed by atoms with E-state index in [9.17, 15) is 22.6 Å². The second kappa shape index (κ2) is 8.47. The number of nitriles is 1. The molecule has 1 aromatic heterocycles. The highest BCUT2D eigenvalue weighted by molar-refractivity contribution is 7.86. The van der Waals surface area contributed by atoms with Gasteiger partial charge in [0.2, 0.25) is 18.2 Å². The quantitative estimate of drug-likeness (QED) is 0.219. The maximum absolute atomic E-state index is 12.0. The lowest BCUT2D eigenvalue weighted by Gasteiger charge is -2.18. The molecule has 1 aliphatic heterocycles. The van der Waals surface area contributed by atoms with Crippen LogP contribution >= 0.6 is 11.3 Å². The van der Waals surface area contributed by atoms with Crippen LogP contribution in [0.3, 0.4) is 0 Å². The van der Waals surface area contributed by atoms with Crippen molar-refractivity contribution in [2.75, 3.05) is 0 Å². The number of carbonyl (C=O) groups excluding carboxylic acids is 2. The number of hydrogen-bond donors (Lipinski definition) is 3. The number of rotatable bonds is 4. The SMILES string of the molecule is Cc1ccc2nc(-c3ccc(N=NC4C(=O)NC(=NC#N)NC4=O)cc3)sc2c1S(=O)(=O)O. The van der Waals surface area contributed by atoms with E-state index in [4.69, 9.17) is 5.26 Å². The number of benzene rings is 2. The van der Waals surface area contributed by atoms with Gasteiger partial charge >= 0.3 is 0 Å². The molecule has 0 saturated carbocycles. The third-order valence-corrected chi connectivity index (χ3v) is 6.82. The van der Waals surface area contributed by atoms with E-state index < -0.39 is 28.0 Å². The van der Waals surface area contributed by atoms with E-state index in [0.717, 1.165) is 11.3 Å². The average molecular weight is 483 g/mol. The lowest BCUT2D eigenvalue weighted by atomic mass is 10.2. The van der Waals surface area contributed by atoms with Gasteiger partial charge in [-0.15, -0.1) is 16.3 Å². The number of azo groups is 1. The summed E-state index contributed by atoms with van der Waals surface area (Å²) in [4.78, 5) is 31.5. The van der Waals surface area contributed by atoms with Gasteiger partial charge in [0, 0.05) is 5.56 Å². The third-order valence-electron chi connectivity index (χ3n) is 4.51. The molecule has 166 valence electrons. The molecule has 2 heterocycles. The maximum atomic E-state index is 12.0. The number of hydrogen-bond acceptors (Lipinski definition) is 10. The van der Waals surface area contributed by atoms with Crippen LogP contribution < -0.4 is 10.6 Å². The summed E-state index contributed by atoms with van der Waals surface area (Å²) in [5, 5.41) is 21.1. The highest BCUT2D eigenvalue weighted by atomic mass is 32.2. The van der Waals surface area contributed by atoms with Crippen molar-refractivity contribution in [3.8, 4) is 16.8 Å². The predicted octanol–water partition coefficient (Wildman–Crippen LogP) is 2.05. The van der Waals surface area contributed by atoms with E-state index in [0.29, 0.717) is 32.0 Å². The van der Waals surface area contributed by atoms with Crippen molar-refractivity contribution in [2.24, 2.45) is 15.2 Å². The fourth-order valence-electron chi connectivity index (χ4n) is 3.04. The summed E-state index contributed by atoms with van der Waals surface area (Å²) in [7, 11) is -4.42. The smallest absolute Gasteiger partial charge is 0.293 e. The summed E-state index contributed by atoms with van der Waals surface area (Å²) in [6, 6.07) is 8.33. The summed E-state index contributed by atoms with van der Waals surface area (Å²) < 4.78 is 33.5. The molecule has 14 heteroatoms. The van der Waals surface area contributed by atoms with Crippen LogP contribution in [0.5, 0.6) is 0 Å². The van der Waals surface area contributed by atoms with Gasteiger partial charge in [0.25, 0.3) is 21.9 Å². The van der Waals surface area contributed by atoms with Crippen LogP contribution in [0.25, 0.3) is 20.8 Å². The first kappa shape index (κ1) is 22.1. The van der Waals surface area contributed by atoms with Crippen LogP contribution in [0.1, 0.15) is 5.56 Å². The first-order valence-electron chi connectivity index (χ1n) is 9.15. The minimum atomic E-state index is -4.42. The second-order valence-electron chi connectivity index (χ2n) is 6.76. The number of carbonyl (C=O) groups is 2. The van der Waals surface area contributed by atoms with Crippen LogP contribution in [0.2, 0.25) is 0 Å². The molecule has 0 atom stereocenters. The molecule has 3 aromatic rings. The Hall–Kier alpha value is -4.06. The Bertz CT molecular complexity index is 1480. The Kier molecular flexibility index (Phi) is 5.68.